The van der Waals surface area contributed by atoms with E-state index in [4.69, 9.17) is 28.2 Å². The van der Waals surface area contributed by atoms with E-state index < -0.39 is 39.3 Å². The molecule has 3 rings (SSSR count). The van der Waals surface area contributed by atoms with Crippen LogP contribution < -0.4 is 15.2 Å². The summed E-state index contributed by atoms with van der Waals surface area (Å²) in [6, 6.07) is 11.2. The molecule has 0 spiro atoms. The number of nitrogens with two attached hydrogens (primary N) is 1. The van der Waals surface area contributed by atoms with Crippen molar-refractivity contribution >= 4 is 15.9 Å². The minimum Gasteiger partial charge on any atom is -0.497 e. The fourth-order valence-electron chi connectivity index (χ4n) is 2.44. The summed E-state index contributed by atoms with van der Waals surface area (Å²) in [4.78, 5) is 13.0. The van der Waals surface area contributed by atoms with Crippen molar-refractivity contribution in [3.05, 3.63) is 71.3 Å². The fraction of sp³-hybridized carbons (Fsp3) is 0.211. The molecule has 0 amide bonds. The van der Waals surface area contributed by atoms with Crippen molar-refractivity contribution in [3.8, 4) is 11.5 Å². The number of methoxy groups -OCH3 is 2. The van der Waals surface area contributed by atoms with Crippen molar-refractivity contribution in [2.24, 2.45) is 5.73 Å². The Bertz CT molecular complexity index is 1150. The summed E-state index contributed by atoms with van der Waals surface area (Å²) in [7, 11) is -2.35. The number of benzene rings is 2. The molecule has 9 heteroatoms. The van der Waals surface area contributed by atoms with Crippen LogP contribution in [0.4, 0.5) is 0 Å². The maximum absolute atomic E-state index is 13.0. The van der Waals surface area contributed by atoms with Crippen LogP contribution in [0.3, 0.4) is 0 Å². The predicted octanol–water partition coefficient (Wildman–Crippen LogP) is 2.02. The average Bonchev–Trinajstić information content (AvgIpc) is 2.97. The summed E-state index contributed by atoms with van der Waals surface area (Å²) < 4.78 is 70.0. The lowest BCUT2D eigenvalue weighted by atomic mass is 10.0. The molecule has 0 radical (unpaired) electrons. The minimum absolute atomic E-state index is 0.0548. The second-order valence-electron chi connectivity index (χ2n) is 5.53. The van der Waals surface area contributed by atoms with Crippen molar-refractivity contribution in [1.29, 1.82) is 0 Å². The molecule has 1 aliphatic rings. The first-order valence-electron chi connectivity index (χ1n) is 9.43. The molecule has 0 saturated carbocycles. The lowest BCUT2D eigenvalue weighted by molar-refractivity contribution is -0.123. The van der Waals surface area contributed by atoms with Gasteiger partial charge in [0.2, 0.25) is 17.4 Å². The summed E-state index contributed by atoms with van der Waals surface area (Å²) in [6.07, 6.45) is -2.51. The largest absolute Gasteiger partial charge is 0.497 e. The summed E-state index contributed by atoms with van der Waals surface area (Å²) in [5.74, 6) is -2.57. The van der Waals surface area contributed by atoms with E-state index in [1.54, 1.807) is 6.07 Å². The number of carbonyl (C=O) groups is 1. The van der Waals surface area contributed by atoms with Gasteiger partial charge in [-0.2, -0.15) is 8.42 Å². The first kappa shape index (κ1) is 15.8. The molecule has 2 aromatic carbocycles. The number of Topliss-reactive ketones (excluding diaryl/α,β-unsaturated/α-hetero) is 1. The number of rotatable bonds is 7. The smallest absolute Gasteiger partial charge is 0.313 e. The summed E-state index contributed by atoms with van der Waals surface area (Å²) in [6.45, 7) is 0. The zero-order valence-electron chi connectivity index (χ0n) is 18.0. The van der Waals surface area contributed by atoms with Gasteiger partial charge in [-0.25, -0.2) is 0 Å². The van der Waals surface area contributed by atoms with Crippen LogP contribution in [-0.4, -0.2) is 28.4 Å². The van der Waals surface area contributed by atoms with Gasteiger partial charge in [0.1, 0.15) is 17.2 Å². The Kier molecular flexibility index (Phi) is 4.41. The van der Waals surface area contributed by atoms with Gasteiger partial charge in [0, 0.05) is 11.6 Å². The zero-order valence-corrected chi connectivity index (χ0v) is 15.8. The third-order valence-electron chi connectivity index (χ3n) is 3.71. The quantitative estimate of drug-likeness (QED) is 0.692. The second kappa shape index (κ2) is 7.81. The van der Waals surface area contributed by atoms with Crippen LogP contribution >= 0.6 is 0 Å². The third-order valence-corrected chi connectivity index (χ3v) is 4.58. The molecule has 0 fully saturated rings. The monoisotopic (exact) mass is 408 g/mol. The Morgan fingerprint density at radius 1 is 1.18 bits per heavy atom. The van der Waals surface area contributed by atoms with Gasteiger partial charge in [-0.15, -0.1) is 0 Å². The molecule has 2 aromatic rings. The molecule has 28 heavy (non-hydrogen) atoms. The van der Waals surface area contributed by atoms with Gasteiger partial charge in [-0.3, -0.25) is 4.79 Å². The van der Waals surface area contributed by atoms with Gasteiger partial charge in [-0.05, 0) is 17.7 Å². The molecule has 8 nitrogen and oxygen atoms in total. The number of ether oxygens (including phenoxy) is 3. The summed E-state index contributed by atoms with van der Waals surface area (Å²) in [5.41, 5.74) is 2.36. The molecular weight excluding hydrogens is 386 g/mol. The predicted molar refractivity (Wildman–Crippen MR) is 99.7 cm³/mol. The van der Waals surface area contributed by atoms with Gasteiger partial charge >= 0.3 is 10.1 Å². The topological polar surface area (TPSA) is 114 Å². The van der Waals surface area contributed by atoms with Gasteiger partial charge < -0.3 is 24.1 Å². The number of hydrogen-bond donors (Lipinski definition) is 1. The Balaban J connectivity index is 1.97. The van der Waals surface area contributed by atoms with Crippen molar-refractivity contribution in [2.45, 2.75) is 11.8 Å². The molecule has 148 valence electrons. The van der Waals surface area contributed by atoms with Crippen molar-refractivity contribution in [2.75, 3.05) is 14.2 Å². The fourth-order valence-corrected chi connectivity index (χ4v) is 3.28. The molecule has 1 heterocycles. The highest BCUT2D eigenvalue weighted by atomic mass is 32.2. The Morgan fingerprint density at radius 3 is 2.54 bits per heavy atom. The first-order chi connectivity index (χ1) is 14.5. The van der Waals surface area contributed by atoms with Crippen LogP contribution in [0.5, 0.6) is 11.5 Å². The van der Waals surface area contributed by atoms with E-state index >= 15 is 0 Å². The van der Waals surface area contributed by atoms with Gasteiger partial charge in [0.05, 0.1) is 18.3 Å². The lowest BCUT2D eigenvalue weighted by Crippen LogP contribution is -2.16. The Morgan fingerprint density at radius 2 is 1.89 bits per heavy atom. The summed E-state index contributed by atoms with van der Waals surface area (Å²) >= 11 is 0. The van der Waals surface area contributed by atoms with Crippen LogP contribution in [-0.2, 0) is 29.5 Å². The van der Waals surface area contributed by atoms with Gasteiger partial charge in [0.25, 0.3) is 0 Å². The van der Waals surface area contributed by atoms with Gasteiger partial charge in [0.15, 0.2) is 6.08 Å². The second-order valence-corrected chi connectivity index (χ2v) is 6.80. The van der Waals surface area contributed by atoms with Crippen LogP contribution in [0.15, 0.2) is 60.2 Å². The maximum atomic E-state index is 13.0. The molecule has 0 aromatic heterocycles. The molecule has 0 aliphatic carbocycles. The standard InChI is InChI=1S/C19H19NO7S/c1-24-13-8-9-14(15(10-13)25-2)17-16(21)18(19(20)26-17)27-28(22,23)11-12-6-4-3-5-7-12/h3-10,17H,11,20H2,1-2H3/i11D2,17D. The first-order valence-corrected chi connectivity index (χ1v) is 9.34. The van der Waals surface area contributed by atoms with Crippen LogP contribution in [0.2, 0.25) is 0 Å². The minimum atomic E-state index is -5.06. The van der Waals surface area contributed by atoms with Crippen molar-refractivity contribution < 1.29 is 35.7 Å². The van der Waals surface area contributed by atoms with E-state index in [0.717, 1.165) is 0 Å². The lowest BCUT2D eigenvalue weighted by Gasteiger charge is -2.15. The van der Waals surface area contributed by atoms with E-state index in [0.29, 0.717) is 5.75 Å². The molecular formula is C19H19NO7S. The molecule has 1 aliphatic heterocycles. The highest BCUT2D eigenvalue weighted by Gasteiger charge is 2.41. The van der Waals surface area contributed by atoms with Crippen LogP contribution in [0.25, 0.3) is 0 Å². The average molecular weight is 408 g/mol. The third kappa shape index (κ3) is 4.04. The number of carbonyl (C=O) groups excluding carboxylic acids is 1. The molecule has 0 saturated heterocycles. The Labute approximate surface area is 166 Å². The van der Waals surface area contributed by atoms with Crippen LogP contribution in [0.1, 0.15) is 21.3 Å². The maximum Gasteiger partial charge on any atom is 0.313 e. The SMILES string of the molecule is [2H]C1(c2ccc(OC)cc2OC)OC(N)=C(OS(=O)(=O)C([2H])([2H])c2ccccc2)C1=O. The molecule has 1 unspecified atom stereocenters. The molecule has 0 bridgehead atoms. The normalized spacial score (nSPS) is 21.4. The number of hydrogen-bond acceptors (Lipinski definition) is 8. The van der Waals surface area contributed by atoms with E-state index in [9.17, 15) is 13.2 Å². The molecule has 1 atom stereocenters. The highest BCUT2D eigenvalue weighted by molar-refractivity contribution is 7.86. The number of ketones is 1. The Hall–Kier alpha value is -3.20. The highest BCUT2D eigenvalue weighted by Crippen LogP contribution is 2.38. The summed E-state index contributed by atoms with van der Waals surface area (Å²) in [5, 5.41) is 0. The van der Waals surface area contributed by atoms with E-state index in [1.807, 2.05) is 0 Å². The zero-order chi connectivity index (χ0) is 23.0. The van der Waals surface area contributed by atoms with E-state index in [1.165, 1.54) is 56.7 Å². The van der Waals surface area contributed by atoms with E-state index in [2.05, 4.69) is 0 Å². The van der Waals surface area contributed by atoms with Crippen molar-refractivity contribution in [1.82, 2.24) is 0 Å². The van der Waals surface area contributed by atoms with Crippen LogP contribution in [0, 0.1) is 0 Å². The van der Waals surface area contributed by atoms with E-state index in [-0.39, 0.29) is 16.9 Å². The van der Waals surface area contributed by atoms with Gasteiger partial charge in [-0.1, -0.05) is 30.3 Å². The van der Waals surface area contributed by atoms with Crippen molar-refractivity contribution in [3.63, 3.8) is 0 Å². The molecule has 2 N–H and O–H groups in total.